The number of nitrogens with two attached hydrogens (primary N) is 1. The Balaban J connectivity index is 2.30. The normalized spacial score (nSPS) is 11.8. The molecule has 0 amide bonds. The summed E-state index contributed by atoms with van der Waals surface area (Å²) in [6.45, 7) is 0.361. The van der Waals surface area contributed by atoms with Crippen molar-refractivity contribution in [3.05, 3.63) is 35.7 Å². The number of hydrogen-bond donors (Lipinski definition) is 1. The highest BCUT2D eigenvalue weighted by Crippen LogP contribution is 2.29. The van der Waals surface area contributed by atoms with Gasteiger partial charge in [-0.3, -0.25) is 0 Å². The molecule has 0 saturated carbocycles. The predicted octanol–water partition coefficient (Wildman–Crippen LogP) is 2.21. The molecular weight excluding hydrogens is 235 g/mol. The molecule has 0 aliphatic rings. The first-order valence-corrected chi connectivity index (χ1v) is 4.71. The molecule has 4 nitrogen and oxygen atoms in total. The fourth-order valence-electron chi connectivity index (χ4n) is 1.25. The van der Waals surface area contributed by atoms with Crippen LogP contribution >= 0.6 is 0 Å². The molecule has 0 aliphatic carbocycles. The zero-order valence-corrected chi connectivity index (χ0v) is 8.53. The van der Waals surface area contributed by atoms with E-state index in [1.165, 1.54) is 0 Å². The van der Waals surface area contributed by atoms with Crippen LogP contribution in [0.4, 0.5) is 13.2 Å². The lowest BCUT2D eigenvalue weighted by atomic mass is 10.1. The lowest BCUT2D eigenvalue weighted by Crippen LogP contribution is -2.04. The monoisotopic (exact) mass is 243 g/mol. The molecule has 0 spiro atoms. The van der Waals surface area contributed by atoms with E-state index in [-0.39, 0.29) is 5.82 Å². The van der Waals surface area contributed by atoms with Gasteiger partial charge in [-0.05, 0) is 5.56 Å². The predicted molar refractivity (Wildman–Crippen MR) is 52.6 cm³/mol. The molecule has 0 fully saturated rings. The largest absolute Gasteiger partial charge is 0.471 e. The molecule has 0 unspecified atom stereocenters. The summed E-state index contributed by atoms with van der Waals surface area (Å²) in [6, 6.07) is 6.57. The minimum Gasteiger partial charge on any atom is -0.329 e. The fourth-order valence-corrected chi connectivity index (χ4v) is 1.25. The maximum atomic E-state index is 12.2. The average molecular weight is 243 g/mol. The van der Waals surface area contributed by atoms with Gasteiger partial charge in [0.05, 0.1) is 0 Å². The molecule has 0 radical (unpaired) electrons. The molecule has 90 valence electrons. The van der Waals surface area contributed by atoms with Crippen LogP contribution in [-0.2, 0) is 12.7 Å². The molecule has 1 heterocycles. The van der Waals surface area contributed by atoms with Crippen LogP contribution in [-0.4, -0.2) is 10.1 Å². The minimum absolute atomic E-state index is 0.0964. The lowest BCUT2D eigenvalue weighted by Gasteiger charge is -1.98. The number of rotatable bonds is 2. The summed E-state index contributed by atoms with van der Waals surface area (Å²) in [5.41, 5.74) is 6.72. The van der Waals surface area contributed by atoms with Crippen LogP contribution in [0.15, 0.2) is 28.8 Å². The van der Waals surface area contributed by atoms with Crippen molar-refractivity contribution in [1.82, 2.24) is 10.1 Å². The van der Waals surface area contributed by atoms with Crippen LogP contribution in [0.1, 0.15) is 11.5 Å². The van der Waals surface area contributed by atoms with Crippen LogP contribution in [0, 0.1) is 0 Å². The summed E-state index contributed by atoms with van der Waals surface area (Å²) in [6.07, 6.45) is -4.62. The number of hydrogen-bond acceptors (Lipinski definition) is 4. The second kappa shape index (κ2) is 4.17. The lowest BCUT2D eigenvalue weighted by molar-refractivity contribution is -0.159. The standard InChI is InChI=1S/C10H8F3N3O/c11-10(12,13)9-15-8(16-17-9)7-3-1-6(5-14)2-4-7/h1-4H,5,14H2. The van der Waals surface area contributed by atoms with Gasteiger partial charge in [0, 0.05) is 12.1 Å². The number of benzene rings is 1. The average Bonchev–Trinajstić information content (AvgIpc) is 2.78. The van der Waals surface area contributed by atoms with E-state index in [9.17, 15) is 13.2 Å². The van der Waals surface area contributed by atoms with Gasteiger partial charge >= 0.3 is 12.1 Å². The Bertz CT molecular complexity index is 504. The zero-order chi connectivity index (χ0) is 12.5. The summed E-state index contributed by atoms with van der Waals surface area (Å²) in [5, 5.41) is 3.27. The van der Waals surface area contributed by atoms with Gasteiger partial charge in [-0.1, -0.05) is 29.4 Å². The second-order valence-corrected chi connectivity index (χ2v) is 3.32. The zero-order valence-electron chi connectivity index (χ0n) is 8.53. The highest BCUT2D eigenvalue weighted by molar-refractivity contribution is 5.54. The van der Waals surface area contributed by atoms with Gasteiger partial charge < -0.3 is 10.3 Å². The molecule has 0 atom stereocenters. The Morgan fingerprint density at radius 1 is 1.18 bits per heavy atom. The highest BCUT2D eigenvalue weighted by Gasteiger charge is 2.38. The molecule has 7 heteroatoms. The first-order valence-electron chi connectivity index (χ1n) is 4.71. The molecule has 1 aromatic carbocycles. The van der Waals surface area contributed by atoms with Gasteiger partial charge in [-0.15, -0.1) is 0 Å². The maximum Gasteiger partial charge on any atom is 0.471 e. The molecule has 0 saturated heterocycles. The number of alkyl halides is 3. The van der Waals surface area contributed by atoms with Crippen molar-refractivity contribution >= 4 is 0 Å². The summed E-state index contributed by atoms with van der Waals surface area (Å²) in [5.74, 6) is -1.45. The molecule has 1 aromatic heterocycles. The third-order valence-electron chi connectivity index (χ3n) is 2.12. The molecule has 17 heavy (non-hydrogen) atoms. The van der Waals surface area contributed by atoms with Crippen molar-refractivity contribution < 1.29 is 17.7 Å². The second-order valence-electron chi connectivity index (χ2n) is 3.32. The van der Waals surface area contributed by atoms with Crippen LogP contribution in [0.25, 0.3) is 11.4 Å². The van der Waals surface area contributed by atoms with E-state index in [4.69, 9.17) is 5.73 Å². The topological polar surface area (TPSA) is 64.9 Å². The van der Waals surface area contributed by atoms with E-state index >= 15 is 0 Å². The first kappa shape index (κ1) is 11.6. The first-order chi connectivity index (χ1) is 8.00. The van der Waals surface area contributed by atoms with Crippen molar-refractivity contribution in [2.24, 2.45) is 5.73 Å². The summed E-state index contributed by atoms with van der Waals surface area (Å²) in [4.78, 5) is 3.27. The highest BCUT2D eigenvalue weighted by atomic mass is 19.4. The van der Waals surface area contributed by atoms with Gasteiger partial charge in [-0.25, -0.2) is 0 Å². The van der Waals surface area contributed by atoms with Crippen molar-refractivity contribution in [3.8, 4) is 11.4 Å². The third-order valence-corrected chi connectivity index (χ3v) is 2.12. The van der Waals surface area contributed by atoms with E-state index in [0.29, 0.717) is 12.1 Å². The maximum absolute atomic E-state index is 12.2. The van der Waals surface area contributed by atoms with E-state index in [0.717, 1.165) is 5.56 Å². The van der Waals surface area contributed by atoms with E-state index < -0.39 is 12.1 Å². The molecule has 2 aromatic rings. The fraction of sp³-hybridized carbons (Fsp3) is 0.200. The molecule has 2 rings (SSSR count). The third kappa shape index (κ3) is 2.44. The number of aromatic nitrogens is 2. The van der Waals surface area contributed by atoms with E-state index in [1.807, 2.05) is 0 Å². The quantitative estimate of drug-likeness (QED) is 0.878. The summed E-state index contributed by atoms with van der Waals surface area (Å²) < 4.78 is 40.8. The Morgan fingerprint density at radius 2 is 1.82 bits per heavy atom. The van der Waals surface area contributed by atoms with Crippen molar-refractivity contribution in [1.29, 1.82) is 0 Å². The molecular formula is C10H8F3N3O. The van der Waals surface area contributed by atoms with Crippen LogP contribution in [0.3, 0.4) is 0 Å². The molecule has 0 aliphatic heterocycles. The van der Waals surface area contributed by atoms with Crippen molar-refractivity contribution in [2.45, 2.75) is 12.7 Å². The molecule has 2 N–H and O–H groups in total. The van der Waals surface area contributed by atoms with Crippen LogP contribution < -0.4 is 5.73 Å². The van der Waals surface area contributed by atoms with Gasteiger partial charge in [-0.2, -0.15) is 18.2 Å². The van der Waals surface area contributed by atoms with Crippen LogP contribution in [0.5, 0.6) is 0 Å². The van der Waals surface area contributed by atoms with Crippen molar-refractivity contribution in [3.63, 3.8) is 0 Å². The Labute approximate surface area is 94.2 Å². The van der Waals surface area contributed by atoms with Crippen LogP contribution in [0.2, 0.25) is 0 Å². The Kier molecular flexibility index (Phi) is 2.84. The summed E-state index contributed by atoms with van der Waals surface area (Å²) in [7, 11) is 0. The smallest absolute Gasteiger partial charge is 0.329 e. The number of nitrogens with zero attached hydrogens (tertiary/aromatic N) is 2. The Morgan fingerprint density at radius 3 is 2.29 bits per heavy atom. The van der Waals surface area contributed by atoms with Gasteiger partial charge in [0.25, 0.3) is 0 Å². The minimum atomic E-state index is -4.62. The summed E-state index contributed by atoms with van der Waals surface area (Å²) >= 11 is 0. The number of halogens is 3. The molecule has 0 bridgehead atoms. The van der Waals surface area contributed by atoms with Gasteiger partial charge in [0.15, 0.2) is 0 Å². The van der Waals surface area contributed by atoms with E-state index in [2.05, 4.69) is 14.7 Å². The Hall–Kier alpha value is -1.89. The van der Waals surface area contributed by atoms with Gasteiger partial charge in [0.2, 0.25) is 5.82 Å². The van der Waals surface area contributed by atoms with E-state index in [1.54, 1.807) is 24.3 Å². The van der Waals surface area contributed by atoms with Gasteiger partial charge in [0.1, 0.15) is 0 Å². The SMILES string of the molecule is NCc1ccc(-c2noc(C(F)(F)F)n2)cc1. The van der Waals surface area contributed by atoms with Crippen molar-refractivity contribution in [2.75, 3.05) is 0 Å².